The van der Waals surface area contributed by atoms with Crippen LogP contribution < -0.4 is 0 Å². The lowest BCUT2D eigenvalue weighted by Crippen LogP contribution is -2.17. The van der Waals surface area contributed by atoms with Gasteiger partial charge in [-0.15, -0.1) is 0 Å². The summed E-state index contributed by atoms with van der Waals surface area (Å²) in [6.45, 7) is 0.165. The van der Waals surface area contributed by atoms with E-state index in [2.05, 4.69) is 0 Å². The van der Waals surface area contributed by atoms with Crippen LogP contribution in [-0.4, -0.2) is 31.6 Å². The van der Waals surface area contributed by atoms with Crippen LogP contribution in [0.4, 0.5) is 4.39 Å². The maximum atomic E-state index is 11.3. The van der Waals surface area contributed by atoms with E-state index < -0.39 is 0 Å². The number of carbonyl (C=O) groups excluding carboxylic acids is 1. The van der Waals surface area contributed by atoms with Gasteiger partial charge in [0.1, 0.15) is 0 Å². The van der Waals surface area contributed by atoms with Gasteiger partial charge in [0, 0.05) is 13.6 Å². The lowest BCUT2D eigenvalue weighted by atomic mass is 10.4. The monoisotopic (exact) mass is 119 g/mol. The molecule has 0 aliphatic rings. The fraction of sp³-hybridized carbons (Fsp3) is 0.800. The van der Waals surface area contributed by atoms with Crippen LogP contribution in [0.3, 0.4) is 0 Å². The van der Waals surface area contributed by atoms with Crippen LogP contribution in [0.2, 0.25) is 0 Å². The van der Waals surface area contributed by atoms with Gasteiger partial charge in [-0.2, -0.15) is 0 Å². The highest BCUT2D eigenvalue weighted by atomic mass is 19.1. The standard InChI is InChI=1S/C5H10FNO/c1-7(5-8)4-2-3-6/h5H,2-4H2,1H3. The van der Waals surface area contributed by atoms with Crippen molar-refractivity contribution in [3.8, 4) is 0 Å². The predicted octanol–water partition coefficient (Wildman–Crippen LogP) is 0.434. The van der Waals surface area contributed by atoms with Crippen LogP contribution in [0, 0.1) is 0 Å². The molecule has 0 N–H and O–H groups in total. The predicted molar refractivity (Wildman–Crippen MR) is 29.3 cm³/mol. The summed E-state index contributed by atoms with van der Waals surface area (Å²) in [6, 6.07) is 0. The van der Waals surface area contributed by atoms with E-state index in [0.717, 1.165) is 0 Å². The van der Waals surface area contributed by atoms with Gasteiger partial charge in [-0.05, 0) is 6.42 Å². The Balaban J connectivity index is 2.98. The first-order valence-corrected chi connectivity index (χ1v) is 2.52. The van der Waals surface area contributed by atoms with Crippen LogP contribution in [0.5, 0.6) is 0 Å². The Hall–Kier alpha value is -0.600. The molecule has 48 valence electrons. The molecule has 0 saturated carbocycles. The van der Waals surface area contributed by atoms with Crippen LogP contribution >= 0.6 is 0 Å². The van der Waals surface area contributed by atoms with E-state index in [0.29, 0.717) is 19.4 Å². The van der Waals surface area contributed by atoms with E-state index in [1.165, 1.54) is 4.90 Å². The molecule has 1 amide bonds. The van der Waals surface area contributed by atoms with Crippen molar-refractivity contribution in [2.24, 2.45) is 0 Å². The summed E-state index contributed by atoms with van der Waals surface area (Å²) >= 11 is 0. The second-order valence-corrected chi connectivity index (χ2v) is 1.63. The Morgan fingerprint density at radius 3 is 2.75 bits per heavy atom. The fourth-order valence-corrected chi connectivity index (χ4v) is 0.362. The smallest absolute Gasteiger partial charge is 0.209 e. The van der Waals surface area contributed by atoms with E-state index in [1.807, 2.05) is 0 Å². The number of rotatable bonds is 4. The molecule has 0 unspecified atom stereocenters. The molecule has 0 aromatic heterocycles. The van der Waals surface area contributed by atoms with Crippen molar-refractivity contribution in [3.63, 3.8) is 0 Å². The van der Waals surface area contributed by atoms with Crippen molar-refractivity contribution < 1.29 is 9.18 Å². The van der Waals surface area contributed by atoms with Crippen molar-refractivity contribution in [1.29, 1.82) is 0 Å². The molecule has 0 atom stereocenters. The molecule has 0 aliphatic carbocycles. The van der Waals surface area contributed by atoms with Crippen molar-refractivity contribution in [2.45, 2.75) is 6.42 Å². The van der Waals surface area contributed by atoms with Crippen LogP contribution in [0.1, 0.15) is 6.42 Å². The Morgan fingerprint density at radius 2 is 2.38 bits per heavy atom. The average Bonchev–Trinajstić information content (AvgIpc) is 1.83. The van der Waals surface area contributed by atoms with Crippen molar-refractivity contribution in [1.82, 2.24) is 4.90 Å². The van der Waals surface area contributed by atoms with Crippen molar-refractivity contribution in [2.75, 3.05) is 20.3 Å². The molecule has 0 aliphatic heterocycles. The SMILES string of the molecule is CN(C=O)CCCF. The number of nitrogens with zero attached hydrogens (tertiary/aromatic N) is 1. The van der Waals surface area contributed by atoms with Gasteiger partial charge in [0.25, 0.3) is 0 Å². The van der Waals surface area contributed by atoms with Gasteiger partial charge in [-0.25, -0.2) is 0 Å². The quantitative estimate of drug-likeness (QED) is 0.491. The first-order chi connectivity index (χ1) is 3.81. The van der Waals surface area contributed by atoms with Crippen LogP contribution in [0.15, 0.2) is 0 Å². The summed E-state index contributed by atoms with van der Waals surface area (Å²) in [5.41, 5.74) is 0. The summed E-state index contributed by atoms with van der Waals surface area (Å²) in [6.07, 6.45) is 1.13. The molecule has 0 aromatic carbocycles. The lowest BCUT2D eigenvalue weighted by molar-refractivity contribution is -0.117. The molecule has 0 spiro atoms. The second kappa shape index (κ2) is 4.56. The number of alkyl halides is 1. The zero-order valence-corrected chi connectivity index (χ0v) is 4.93. The highest BCUT2D eigenvalue weighted by Crippen LogP contribution is 1.82. The van der Waals surface area contributed by atoms with Crippen LogP contribution in [0.25, 0.3) is 0 Å². The van der Waals surface area contributed by atoms with E-state index in [-0.39, 0.29) is 6.67 Å². The van der Waals surface area contributed by atoms with Crippen molar-refractivity contribution in [3.05, 3.63) is 0 Å². The molecule has 0 radical (unpaired) electrons. The molecule has 0 heterocycles. The number of halogens is 1. The normalized spacial score (nSPS) is 8.75. The first-order valence-electron chi connectivity index (χ1n) is 2.52. The zero-order valence-electron chi connectivity index (χ0n) is 4.93. The number of amides is 1. The molecule has 0 bridgehead atoms. The van der Waals surface area contributed by atoms with E-state index >= 15 is 0 Å². The Labute approximate surface area is 48.3 Å². The third kappa shape index (κ3) is 3.59. The molecular formula is C5H10FNO. The summed E-state index contributed by atoms with van der Waals surface area (Å²) in [4.78, 5) is 11.2. The highest BCUT2D eigenvalue weighted by Gasteiger charge is 1.89. The lowest BCUT2D eigenvalue weighted by Gasteiger charge is -2.06. The average molecular weight is 119 g/mol. The second-order valence-electron chi connectivity index (χ2n) is 1.63. The van der Waals surface area contributed by atoms with Gasteiger partial charge >= 0.3 is 0 Å². The molecule has 0 fully saturated rings. The third-order valence-electron chi connectivity index (χ3n) is 0.824. The minimum absolute atomic E-state index is 0.349. The van der Waals surface area contributed by atoms with E-state index in [4.69, 9.17) is 0 Å². The molecular weight excluding hydrogens is 109 g/mol. The van der Waals surface area contributed by atoms with Gasteiger partial charge in [0.05, 0.1) is 6.67 Å². The maximum absolute atomic E-state index is 11.3. The highest BCUT2D eigenvalue weighted by molar-refractivity contribution is 5.46. The summed E-state index contributed by atoms with van der Waals surface area (Å²) in [5, 5.41) is 0. The minimum atomic E-state index is -0.349. The number of hydrogen-bond acceptors (Lipinski definition) is 1. The van der Waals surface area contributed by atoms with Gasteiger partial charge in [0.2, 0.25) is 6.41 Å². The molecule has 0 saturated heterocycles. The summed E-state index contributed by atoms with van der Waals surface area (Å²) < 4.78 is 11.3. The maximum Gasteiger partial charge on any atom is 0.209 e. The number of hydrogen-bond donors (Lipinski definition) is 0. The minimum Gasteiger partial charge on any atom is -0.348 e. The summed E-state index contributed by atoms with van der Waals surface area (Å²) in [5.74, 6) is 0. The molecule has 3 heteroatoms. The summed E-state index contributed by atoms with van der Waals surface area (Å²) in [7, 11) is 1.63. The van der Waals surface area contributed by atoms with E-state index in [1.54, 1.807) is 7.05 Å². The molecule has 0 aromatic rings. The first kappa shape index (κ1) is 7.40. The largest absolute Gasteiger partial charge is 0.348 e. The van der Waals surface area contributed by atoms with Crippen molar-refractivity contribution >= 4 is 6.41 Å². The fourth-order valence-electron chi connectivity index (χ4n) is 0.362. The third-order valence-corrected chi connectivity index (χ3v) is 0.824. The molecule has 8 heavy (non-hydrogen) atoms. The zero-order chi connectivity index (χ0) is 6.41. The topological polar surface area (TPSA) is 20.3 Å². The molecule has 0 rings (SSSR count). The van der Waals surface area contributed by atoms with Gasteiger partial charge < -0.3 is 4.90 Å². The van der Waals surface area contributed by atoms with E-state index in [9.17, 15) is 9.18 Å². The van der Waals surface area contributed by atoms with Crippen LogP contribution in [-0.2, 0) is 4.79 Å². The Bertz CT molecular complexity index is 67.4. The van der Waals surface area contributed by atoms with Gasteiger partial charge in [-0.1, -0.05) is 0 Å². The van der Waals surface area contributed by atoms with Gasteiger partial charge in [-0.3, -0.25) is 9.18 Å². The molecule has 2 nitrogen and oxygen atoms in total. The van der Waals surface area contributed by atoms with Gasteiger partial charge in [0.15, 0.2) is 0 Å². The Morgan fingerprint density at radius 1 is 1.75 bits per heavy atom. The number of carbonyl (C=O) groups is 1. The Kier molecular flexibility index (Phi) is 4.21.